The van der Waals surface area contributed by atoms with Gasteiger partial charge >= 0.3 is 98.9 Å². The molecule has 0 aromatic heterocycles. The second-order valence-corrected chi connectivity index (χ2v) is 6.14. The summed E-state index contributed by atoms with van der Waals surface area (Å²) in [5.74, 6) is 0. The van der Waals surface area contributed by atoms with Crippen LogP contribution in [0.1, 0.15) is 0 Å². The molecule has 0 bridgehead atoms. The quantitative estimate of drug-likeness (QED) is 0.532. The molecule has 0 aromatic rings. The number of nitrogens with zero attached hydrogens (tertiary/aromatic N) is 4. The van der Waals surface area contributed by atoms with E-state index in [1.54, 1.807) is 0 Å². The first-order valence-corrected chi connectivity index (χ1v) is 6.92. The van der Waals surface area contributed by atoms with Gasteiger partial charge in [0.05, 0.1) is 0 Å². The van der Waals surface area contributed by atoms with Crippen molar-refractivity contribution in [3.8, 4) is 0 Å². The molecule has 15 heavy (non-hydrogen) atoms. The molecule has 2 aliphatic rings. The van der Waals surface area contributed by atoms with E-state index in [4.69, 9.17) is 0 Å². The molecular weight excluding hydrogens is 279 g/mol. The first-order chi connectivity index (χ1) is 7.09. The van der Waals surface area contributed by atoms with E-state index in [0.717, 1.165) is 0 Å². The molecule has 5 heteroatoms. The van der Waals surface area contributed by atoms with E-state index in [-0.39, 0.29) is 0 Å². The van der Waals surface area contributed by atoms with Crippen LogP contribution in [0.2, 0.25) is 0 Å². The summed E-state index contributed by atoms with van der Waals surface area (Å²) in [5.41, 5.74) is 0. The SMILES string of the molecule is CN1CCN(C)[C]1=[Rh]=[C]1N(C)CCN1C. The second-order valence-electron chi connectivity index (χ2n) is 4.27. The Kier molecular flexibility index (Phi) is 3.58. The third-order valence-electron chi connectivity index (χ3n) is 2.88. The van der Waals surface area contributed by atoms with Gasteiger partial charge in [-0.25, -0.2) is 0 Å². The summed E-state index contributed by atoms with van der Waals surface area (Å²) in [7, 11) is 8.83. The molecule has 0 aromatic carbocycles. The van der Waals surface area contributed by atoms with Crippen LogP contribution in [0.4, 0.5) is 0 Å². The van der Waals surface area contributed by atoms with Gasteiger partial charge in [-0.3, -0.25) is 0 Å². The summed E-state index contributed by atoms with van der Waals surface area (Å²) in [6.45, 7) is 4.71. The molecule has 0 N–H and O–H groups in total. The van der Waals surface area contributed by atoms with Crippen LogP contribution in [0.25, 0.3) is 0 Å². The van der Waals surface area contributed by atoms with E-state index in [1.807, 2.05) is 0 Å². The zero-order valence-corrected chi connectivity index (χ0v) is 11.6. The normalized spacial score (nSPS) is 27.2. The summed E-state index contributed by atoms with van der Waals surface area (Å²) in [6.07, 6.45) is 0. The van der Waals surface area contributed by atoms with Crippen molar-refractivity contribution < 1.29 is 16.2 Å². The van der Waals surface area contributed by atoms with E-state index >= 15 is 0 Å². The van der Waals surface area contributed by atoms with Crippen LogP contribution in [0, 0.1) is 0 Å². The molecule has 4 nitrogen and oxygen atoms in total. The average molecular weight is 299 g/mol. The van der Waals surface area contributed by atoms with Crippen LogP contribution >= 0.6 is 0 Å². The van der Waals surface area contributed by atoms with Crippen molar-refractivity contribution in [1.29, 1.82) is 0 Å². The predicted octanol–water partition coefficient (Wildman–Crippen LogP) is -1.00. The predicted molar refractivity (Wildman–Crippen MR) is 60.5 cm³/mol. The summed E-state index contributed by atoms with van der Waals surface area (Å²) in [5, 5.41) is 0. The Balaban J connectivity index is 2.36. The molecule has 2 rings (SSSR count). The molecule has 2 fully saturated rings. The van der Waals surface area contributed by atoms with Crippen molar-refractivity contribution in [2.45, 2.75) is 0 Å². The zero-order valence-electron chi connectivity index (χ0n) is 9.95. The summed E-state index contributed by atoms with van der Waals surface area (Å²) in [6, 6.07) is 0. The Morgan fingerprint density at radius 1 is 0.667 bits per heavy atom. The van der Waals surface area contributed by atoms with Crippen LogP contribution < -0.4 is 0 Å². The number of likely N-dealkylation sites (N-methyl/N-ethyl adjacent to an activating group) is 4. The van der Waals surface area contributed by atoms with Crippen LogP contribution in [0.3, 0.4) is 0 Å². The number of rotatable bonds is 0. The third kappa shape index (κ3) is 2.32. The summed E-state index contributed by atoms with van der Waals surface area (Å²) < 4.78 is 3.04. The fraction of sp³-hybridized carbons (Fsp3) is 0.800. The standard InChI is InChI=1S/2C5H10N2.Rh/c2*1-6-3-4-7(2)5-6;/h2*3-4H2,1-2H3;. The van der Waals surface area contributed by atoms with E-state index in [2.05, 4.69) is 47.8 Å². The van der Waals surface area contributed by atoms with Gasteiger partial charge in [-0.1, -0.05) is 0 Å². The Morgan fingerprint density at radius 3 is 1.20 bits per heavy atom. The monoisotopic (exact) mass is 299 g/mol. The maximum absolute atomic E-state index is 2.40. The molecule has 2 saturated heterocycles. The number of hydrogen-bond acceptors (Lipinski definition) is 4. The molecule has 2 aliphatic heterocycles. The van der Waals surface area contributed by atoms with Crippen molar-refractivity contribution in [2.75, 3.05) is 54.4 Å². The fourth-order valence-electron chi connectivity index (χ4n) is 1.85. The summed E-state index contributed by atoms with van der Waals surface area (Å²) in [4.78, 5) is 9.60. The minimum atomic E-state index is 0.385. The van der Waals surface area contributed by atoms with Crippen LogP contribution in [-0.4, -0.2) is 82.7 Å². The van der Waals surface area contributed by atoms with Gasteiger partial charge in [0.15, 0.2) is 0 Å². The maximum atomic E-state index is 2.40. The van der Waals surface area contributed by atoms with Gasteiger partial charge in [0.2, 0.25) is 0 Å². The van der Waals surface area contributed by atoms with Gasteiger partial charge in [0.1, 0.15) is 0 Å². The van der Waals surface area contributed by atoms with Gasteiger partial charge in [-0.15, -0.1) is 0 Å². The summed E-state index contributed by atoms with van der Waals surface area (Å²) >= 11 is 0.385. The van der Waals surface area contributed by atoms with Crippen molar-refractivity contribution in [2.24, 2.45) is 0 Å². The molecule has 0 aliphatic carbocycles. The zero-order chi connectivity index (χ0) is 11.0. The van der Waals surface area contributed by atoms with Gasteiger partial charge in [-0.05, 0) is 0 Å². The molecule has 2 heterocycles. The van der Waals surface area contributed by atoms with Crippen molar-refractivity contribution in [3.05, 3.63) is 0 Å². The van der Waals surface area contributed by atoms with Crippen molar-refractivity contribution in [1.82, 2.24) is 19.6 Å². The first kappa shape index (κ1) is 11.7. The Bertz CT molecular complexity index is 269. The molecule has 0 radical (unpaired) electrons. The molecule has 89 valence electrons. The van der Waals surface area contributed by atoms with Crippen LogP contribution in [-0.2, 0) is 16.2 Å². The van der Waals surface area contributed by atoms with Gasteiger partial charge < -0.3 is 0 Å². The van der Waals surface area contributed by atoms with Gasteiger partial charge in [-0.2, -0.15) is 0 Å². The fourth-order valence-corrected chi connectivity index (χ4v) is 4.16. The van der Waals surface area contributed by atoms with Crippen molar-refractivity contribution in [3.63, 3.8) is 0 Å². The number of hydrogen-bond donors (Lipinski definition) is 0. The average Bonchev–Trinajstić information content (AvgIpc) is 2.67. The topological polar surface area (TPSA) is 13.0 Å². The molecular formula is C10H20N4Rh. The Morgan fingerprint density at radius 2 is 0.933 bits per heavy atom. The minimum absolute atomic E-state index is 0.385. The van der Waals surface area contributed by atoms with E-state index < -0.39 is 0 Å². The molecule has 0 saturated carbocycles. The van der Waals surface area contributed by atoms with Gasteiger partial charge in [0, 0.05) is 0 Å². The molecule has 0 spiro atoms. The molecule has 0 unspecified atom stereocenters. The van der Waals surface area contributed by atoms with E-state index in [1.165, 1.54) is 34.9 Å². The molecule has 0 atom stereocenters. The first-order valence-electron chi connectivity index (χ1n) is 5.28. The van der Waals surface area contributed by atoms with Crippen LogP contribution in [0.15, 0.2) is 0 Å². The van der Waals surface area contributed by atoms with Gasteiger partial charge in [0.25, 0.3) is 0 Å². The van der Waals surface area contributed by atoms with E-state index in [0.29, 0.717) is 16.2 Å². The van der Waals surface area contributed by atoms with E-state index in [9.17, 15) is 0 Å². The van der Waals surface area contributed by atoms with Crippen LogP contribution in [0.5, 0.6) is 0 Å². The van der Waals surface area contributed by atoms with Crippen molar-refractivity contribution >= 4 is 8.71 Å². The Hall–Kier alpha value is 0.203. The third-order valence-corrected chi connectivity index (χ3v) is 6.12. The Labute approximate surface area is 99.1 Å². The molecule has 0 amide bonds. The second kappa shape index (κ2) is 4.60.